The zero-order chi connectivity index (χ0) is 17.9. The van der Waals surface area contributed by atoms with Crippen LogP contribution in [0.1, 0.15) is 16.4 Å². The number of benzene rings is 2. The van der Waals surface area contributed by atoms with Gasteiger partial charge in [-0.05, 0) is 29.8 Å². The maximum atomic E-state index is 13.3. The SMILES string of the molecule is FC(F)(F)c1ccccc1SC(c1ccc(Cl)cc1)[C@@H]1CNCCO1. The summed E-state index contributed by atoms with van der Waals surface area (Å²) in [5.74, 6) is 0. The van der Waals surface area contributed by atoms with E-state index in [1.165, 1.54) is 23.9 Å². The van der Waals surface area contributed by atoms with Gasteiger partial charge in [0.2, 0.25) is 0 Å². The predicted octanol–water partition coefficient (Wildman–Crippen LogP) is 5.18. The van der Waals surface area contributed by atoms with Crippen LogP contribution in [0.3, 0.4) is 0 Å². The zero-order valence-electron chi connectivity index (χ0n) is 13.2. The Kier molecular flexibility index (Phi) is 5.94. The number of halogens is 4. The van der Waals surface area contributed by atoms with Crippen molar-refractivity contribution in [3.8, 4) is 0 Å². The van der Waals surface area contributed by atoms with E-state index in [0.29, 0.717) is 18.2 Å². The first-order chi connectivity index (χ1) is 11.9. The normalized spacial score (nSPS) is 19.6. The van der Waals surface area contributed by atoms with Gasteiger partial charge >= 0.3 is 6.18 Å². The summed E-state index contributed by atoms with van der Waals surface area (Å²) in [4.78, 5) is 0.198. The molecular weight excluding hydrogens is 371 g/mol. The second-order valence-corrected chi connectivity index (χ2v) is 7.32. The molecule has 1 aliphatic rings. The van der Waals surface area contributed by atoms with Crippen molar-refractivity contribution in [1.29, 1.82) is 0 Å². The fraction of sp³-hybridized carbons (Fsp3) is 0.333. The Labute approximate surface area is 153 Å². The second kappa shape index (κ2) is 7.99. The molecule has 0 saturated carbocycles. The summed E-state index contributed by atoms with van der Waals surface area (Å²) >= 11 is 7.13. The molecule has 0 amide bonds. The summed E-state index contributed by atoms with van der Waals surface area (Å²) in [6.45, 7) is 1.87. The van der Waals surface area contributed by atoms with Crippen LogP contribution in [0.25, 0.3) is 0 Å². The van der Waals surface area contributed by atoms with Crippen LogP contribution in [0.5, 0.6) is 0 Å². The highest BCUT2D eigenvalue weighted by Crippen LogP contribution is 2.44. The van der Waals surface area contributed by atoms with E-state index in [1.54, 1.807) is 18.2 Å². The Morgan fingerprint density at radius 3 is 2.48 bits per heavy atom. The Morgan fingerprint density at radius 2 is 1.84 bits per heavy atom. The number of rotatable bonds is 4. The number of ether oxygens (including phenoxy) is 1. The summed E-state index contributed by atoms with van der Waals surface area (Å²) < 4.78 is 45.8. The van der Waals surface area contributed by atoms with Gasteiger partial charge in [0.05, 0.1) is 23.5 Å². The van der Waals surface area contributed by atoms with Crippen LogP contribution in [-0.2, 0) is 10.9 Å². The average molecular weight is 388 g/mol. The molecule has 1 fully saturated rings. The standard InChI is InChI=1S/C18H17ClF3NOS/c19-13-7-5-12(6-8-13)17(15-11-23-9-10-24-15)25-16-4-2-1-3-14(16)18(20,21)22/h1-8,15,17,23H,9-11H2/t15-,17?/m0/s1. The molecular formula is C18H17ClF3NOS. The fourth-order valence-electron chi connectivity index (χ4n) is 2.73. The van der Waals surface area contributed by atoms with Gasteiger partial charge in [-0.2, -0.15) is 13.2 Å². The Bertz CT molecular complexity index is 702. The van der Waals surface area contributed by atoms with Gasteiger partial charge in [0.15, 0.2) is 0 Å². The van der Waals surface area contributed by atoms with Crippen LogP contribution >= 0.6 is 23.4 Å². The van der Waals surface area contributed by atoms with Crippen molar-refractivity contribution in [3.63, 3.8) is 0 Å². The van der Waals surface area contributed by atoms with Crippen molar-refractivity contribution in [2.24, 2.45) is 0 Å². The molecule has 1 aliphatic heterocycles. The van der Waals surface area contributed by atoms with Crippen LogP contribution in [-0.4, -0.2) is 25.8 Å². The van der Waals surface area contributed by atoms with Crippen LogP contribution in [0.15, 0.2) is 53.4 Å². The summed E-state index contributed by atoms with van der Waals surface area (Å²) in [5, 5.41) is 3.56. The van der Waals surface area contributed by atoms with Crippen molar-refractivity contribution >= 4 is 23.4 Å². The lowest BCUT2D eigenvalue weighted by Gasteiger charge is -2.31. The Hall–Kier alpha value is -1.21. The zero-order valence-corrected chi connectivity index (χ0v) is 14.8. The number of alkyl halides is 3. The molecule has 7 heteroatoms. The maximum Gasteiger partial charge on any atom is 0.417 e. The molecule has 0 spiro atoms. The van der Waals surface area contributed by atoms with Gasteiger partial charge < -0.3 is 10.1 Å². The minimum absolute atomic E-state index is 0.198. The van der Waals surface area contributed by atoms with E-state index in [-0.39, 0.29) is 16.2 Å². The molecule has 2 atom stereocenters. The third-order valence-electron chi connectivity index (χ3n) is 3.94. The summed E-state index contributed by atoms with van der Waals surface area (Å²) in [6.07, 6.45) is -4.61. The van der Waals surface area contributed by atoms with Gasteiger partial charge in [0, 0.05) is 23.0 Å². The molecule has 0 bridgehead atoms. The van der Waals surface area contributed by atoms with Crippen molar-refractivity contribution in [1.82, 2.24) is 5.32 Å². The van der Waals surface area contributed by atoms with Crippen molar-refractivity contribution < 1.29 is 17.9 Å². The van der Waals surface area contributed by atoms with Gasteiger partial charge in [-0.15, -0.1) is 11.8 Å². The molecule has 0 aromatic heterocycles. The first kappa shape index (κ1) is 18.6. The molecule has 0 aliphatic carbocycles. The van der Waals surface area contributed by atoms with E-state index < -0.39 is 11.7 Å². The highest BCUT2D eigenvalue weighted by molar-refractivity contribution is 7.99. The monoisotopic (exact) mass is 387 g/mol. The third kappa shape index (κ3) is 4.70. The summed E-state index contributed by atoms with van der Waals surface area (Å²) in [7, 11) is 0. The van der Waals surface area contributed by atoms with Gasteiger partial charge in [-0.1, -0.05) is 35.9 Å². The summed E-state index contributed by atoms with van der Waals surface area (Å²) in [6, 6.07) is 12.8. The molecule has 25 heavy (non-hydrogen) atoms. The van der Waals surface area contributed by atoms with E-state index in [1.807, 2.05) is 12.1 Å². The molecule has 1 heterocycles. The average Bonchev–Trinajstić information content (AvgIpc) is 2.61. The lowest BCUT2D eigenvalue weighted by Crippen LogP contribution is -2.41. The quantitative estimate of drug-likeness (QED) is 0.730. The van der Waals surface area contributed by atoms with Crippen molar-refractivity contribution in [2.45, 2.75) is 22.4 Å². The number of nitrogens with one attached hydrogen (secondary N) is 1. The highest BCUT2D eigenvalue weighted by atomic mass is 35.5. The van der Waals surface area contributed by atoms with Gasteiger partial charge in [0.25, 0.3) is 0 Å². The van der Waals surface area contributed by atoms with Crippen LogP contribution in [0, 0.1) is 0 Å². The second-order valence-electron chi connectivity index (χ2n) is 5.70. The molecule has 2 nitrogen and oxygen atoms in total. The fourth-order valence-corrected chi connectivity index (χ4v) is 4.22. The van der Waals surface area contributed by atoms with E-state index >= 15 is 0 Å². The van der Waals surface area contributed by atoms with Gasteiger partial charge in [-0.3, -0.25) is 0 Å². The molecule has 134 valence electrons. The van der Waals surface area contributed by atoms with Crippen LogP contribution in [0.4, 0.5) is 13.2 Å². The minimum Gasteiger partial charge on any atom is -0.374 e. The van der Waals surface area contributed by atoms with Crippen molar-refractivity contribution in [3.05, 3.63) is 64.7 Å². The molecule has 1 unspecified atom stereocenters. The number of morpholine rings is 1. The van der Waals surface area contributed by atoms with Gasteiger partial charge in [0.1, 0.15) is 0 Å². The smallest absolute Gasteiger partial charge is 0.374 e. The minimum atomic E-state index is -4.39. The molecule has 0 radical (unpaired) electrons. The van der Waals surface area contributed by atoms with E-state index in [2.05, 4.69) is 5.32 Å². The predicted molar refractivity (Wildman–Crippen MR) is 94.1 cm³/mol. The Balaban J connectivity index is 1.94. The lowest BCUT2D eigenvalue weighted by molar-refractivity contribution is -0.139. The first-order valence-corrected chi connectivity index (χ1v) is 9.11. The molecule has 1 saturated heterocycles. The van der Waals surface area contributed by atoms with Crippen LogP contribution in [0.2, 0.25) is 5.02 Å². The van der Waals surface area contributed by atoms with Gasteiger partial charge in [-0.25, -0.2) is 0 Å². The lowest BCUT2D eigenvalue weighted by atomic mass is 10.1. The van der Waals surface area contributed by atoms with E-state index in [9.17, 15) is 13.2 Å². The van der Waals surface area contributed by atoms with Crippen molar-refractivity contribution in [2.75, 3.05) is 19.7 Å². The first-order valence-electron chi connectivity index (χ1n) is 7.86. The molecule has 3 rings (SSSR count). The van der Waals surface area contributed by atoms with E-state index in [4.69, 9.17) is 16.3 Å². The largest absolute Gasteiger partial charge is 0.417 e. The molecule has 2 aromatic rings. The highest BCUT2D eigenvalue weighted by Gasteiger charge is 2.35. The summed E-state index contributed by atoms with van der Waals surface area (Å²) in [5.41, 5.74) is 0.266. The van der Waals surface area contributed by atoms with Crippen LogP contribution < -0.4 is 5.32 Å². The topological polar surface area (TPSA) is 21.3 Å². The van der Waals surface area contributed by atoms with E-state index in [0.717, 1.165) is 18.2 Å². The number of hydrogen-bond donors (Lipinski definition) is 1. The molecule has 2 aromatic carbocycles. The Morgan fingerprint density at radius 1 is 1.12 bits per heavy atom. The third-order valence-corrected chi connectivity index (χ3v) is 5.63. The number of hydrogen-bond acceptors (Lipinski definition) is 3. The maximum absolute atomic E-state index is 13.3. The molecule has 1 N–H and O–H groups in total. The number of thioether (sulfide) groups is 1.